The SMILES string of the molecule is OC(CCc1ccccn1)Cc1csc2ccccc12. The van der Waals surface area contributed by atoms with Crippen LogP contribution in [0.1, 0.15) is 17.7 Å². The number of hydrogen-bond acceptors (Lipinski definition) is 3. The number of aromatic nitrogens is 1. The predicted octanol–water partition coefficient (Wildman–Crippen LogP) is 3.83. The molecule has 3 heteroatoms. The minimum absolute atomic E-state index is 0.310. The smallest absolute Gasteiger partial charge is 0.0584 e. The quantitative estimate of drug-likeness (QED) is 0.772. The fourth-order valence-corrected chi connectivity index (χ4v) is 3.38. The van der Waals surface area contributed by atoms with Gasteiger partial charge in [0.05, 0.1) is 6.10 Å². The van der Waals surface area contributed by atoms with Crippen LogP contribution in [0.15, 0.2) is 54.0 Å². The van der Waals surface area contributed by atoms with Crippen LogP contribution in [0.4, 0.5) is 0 Å². The molecule has 0 radical (unpaired) electrons. The van der Waals surface area contributed by atoms with Crippen LogP contribution in [-0.4, -0.2) is 16.2 Å². The molecule has 0 spiro atoms. The topological polar surface area (TPSA) is 33.1 Å². The second-order valence-corrected chi connectivity index (χ2v) is 5.89. The van der Waals surface area contributed by atoms with Crippen LogP contribution in [0.25, 0.3) is 10.1 Å². The van der Waals surface area contributed by atoms with Crippen LogP contribution in [0, 0.1) is 0 Å². The Bertz CT molecular complexity index is 678. The summed E-state index contributed by atoms with van der Waals surface area (Å²) < 4.78 is 1.29. The maximum absolute atomic E-state index is 10.2. The zero-order valence-corrected chi connectivity index (χ0v) is 12.0. The molecule has 3 aromatic rings. The van der Waals surface area contributed by atoms with Crippen molar-refractivity contribution in [2.75, 3.05) is 0 Å². The van der Waals surface area contributed by atoms with E-state index in [9.17, 15) is 5.11 Å². The molecular formula is C17H17NOS. The first-order valence-electron chi connectivity index (χ1n) is 6.86. The average molecular weight is 283 g/mol. The number of pyridine rings is 1. The van der Waals surface area contributed by atoms with E-state index in [0.29, 0.717) is 0 Å². The summed E-state index contributed by atoms with van der Waals surface area (Å²) in [5.74, 6) is 0. The van der Waals surface area contributed by atoms with E-state index in [2.05, 4.69) is 34.6 Å². The molecule has 102 valence electrons. The molecule has 0 aliphatic carbocycles. The summed E-state index contributed by atoms with van der Waals surface area (Å²) in [4.78, 5) is 4.29. The number of aryl methyl sites for hydroxylation is 1. The summed E-state index contributed by atoms with van der Waals surface area (Å²) in [6, 6.07) is 14.3. The van der Waals surface area contributed by atoms with Gasteiger partial charge in [-0.1, -0.05) is 24.3 Å². The highest BCUT2D eigenvalue weighted by Crippen LogP contribution is 2.27. The van der Waals surface area contributed by atoms with Crippen LogP contribution < -0.4 is 0 Å². The first-order chi connectivity index (χ1) is 9.83. The van der Waals surface area contributed by atoms with Crippen LogP contribution in [0.2, 0.25) is 0 Å². The normalized spacial score (nSPS) is 12.7. The van der Waals surface area contributed by atoms with Crippen molar-refractivity contribution in [1.82, 2.24) is 4.98 Å². The van der Waals surface area contributed by atoms with Crippen LogP contribution in [0.5, 0.6) is 0 Å². The Morgan fingerprint density at radius 1 is 1.10 bits per heavy atom. The number of fused-ring (bicyclic) bond motifs is 1. The number of rotatable bonds is 5. The number of hydrogen-bond donors (Lipinski definition) is 1. The Kier molecular flexibility index (Phi) is 4.09. The molecule has 2 nitrogen and oxygen atoms in total. The molecule has 1 aromatic carbocycles. The second-order valence-electron chi connectivity index (χ2n) is 4.97. The molecule has 1 unspecified atom stereocenters. The van der Waals surface area contributed by atoms with Gasteiger partial charge in [-0.15, -0.1) is 11.3 Å². The average Bonchev–Trinajstić information content (AvgIpc) is 2.90. The van der Waals surface area contributed by atoms with E-state index in [1.54, 1.807) is 17.5 Å². The molecule has 2 heterocycles. The van der Waals surface area contributed by atoms with E-state index >= 15 is 0 Å². The van der Waals surface area contributed by atoms with Crippen molar-refractivity contribution < 1.29 is 5.11 Å². The highest BCUT2D eigenvalue weighted by molar-refractivity contribution is 7.17. The van der Waals surface area contributed by atoms with Crippen molar-refractivity contribution in [1.29, 1.82) is 0 Å². The molecule has 0 aliphatic heterocycles. The summed E-state index contributed by atoms with van der Waals surface area (Å²) in [6.07, 6.45) is 3.78. The van der Waals surface area contributed by atoms with Gasteiger partial charge in [0.2, 0.25) is 0 Å². The van der Waals surface area contributed by atoms with Crippen LogP contribution in [-0.2, 0) is 12.8 Å². The van der Waals surface area contributed by atoms with Gasteiger partial charge in [0.15, 0.2) is 0 Å². The minimum atomic E-state index is -0.310. The third-order valence-electron chi connectivity index (χ3n) is 3.48. The number of benzene rings is 1. The van der Waals surface area contributed by atoms with E-state index in [1.165, 1.54) is 15.6 Å². The summed E-state index contributed by atoms with van der Waals surface area (Å²) in [5.41, 5.74) is 2.29. The third-order valence-corrected chi connectivity index (χ3v) is 4.49. The van der Waals surface area contributed by atoms with Gasteiger partial charge >= 0.3 is 0 Å². The van der Waals surface area contributed by atoms with Gasteiger partial charge in [0.25, 0.3) is 0 Å². The fraction of sp³-hybridized carbons (Fsp3) is 0.235. The van der Waals surface area contributed by atoms with Crippen molar-refractivity contribution in [2.45, 2.75) is 25.4 Å². The molecule has 0 bridgehead atoms. The van der Waals surface area contributed by atoms with Crippen LogP contribution >= 0.6 is 11.3 Å². The van der Waals surface area contributed by atoms with Crippen molar-refractivity contribution in [2.24, 2.45) is 0 Å². The Labute approximate surface area is 122 Å². The molecule has 1 N–H and O–H groups in total. The fourth-order valence-electron chi connectivity index (χ4n) is 2.41. The van der Waals surface area contributed by atoms with E-state index in [-0.39, 0.29) is 6.10 Å². The van der Waals surface area contributed by atoms with E-state index in [1.807, 2.05) is 18.2 Å². The summed E-state index contributed by atoms with van der Waals surface area (Å²) in [7, 11) is 0. The molecular weight excluding hydrogens is 266 g/mol. The minimum Gasteiger partial charge on any atom is -0.393 e. The molecule has 0 amide bonds. The highest BCUT2D eigenvalue weighted by atomic mass is 32.1. The lowest BCUT2D eigenvalue weighted by Crippen LogP contribution is -2.11. The Hall–Kier alpha value is -1.71. The van der Waals surface area contributed by atoms with Gasteiger partial charge in [-0.05, 0) is 53.8 Å². The summed E-state index contributed by atoms with van der Waals surface area (Å²) in [5, 5.41) is 13.7. The Balaban J connectivity index is 1.63. The zero-order valence-electron chi connectivity index (χ0n) is 11.2. The standard InChI is InChI=1S/C17H17NOS/c19-15(9-8-14-5-3-4-10-18-14)11-13-12-20-17-7-2-1-6-16(13)17/h1-7,10,12,15,19H,8-9,11H2. The molecule has 2 aromatic heterocycles. The highest BCUT2D eigenvalue weighted by Gasteiger charge is 2.10. The number of aliphatic hydroxyl groups is 1. The Morgan fingerprint density at radius 3 is 2.80 bits per heavy atom. The van der Waals surface area contributed by atoms with Gasteiger partial charge in [-0.3, -0.25) is 4.98 Å². The maximum Gasteiger partial charge on any atom is 0.0584 e. The molecule has 1 atom stereocenters. The summed E-state index contributed by atoms with van der Waals surface area (Å²) in [6.45, 7) is 0. The van der Waals surface area contributed by atoms with Gasteiger partial charge in [0.1, 0.15) is 0 Å². The number of thiophene rings is 1. The van der Waals surface area contributed by atoms with Gasteiger partial charge in [-0.25, -0.2) is 0 Å². The second kappa shape index (κ2) is 6.16. The monoisotopic (exact) mass is 283 g/mol. The van der Waals surface area contributed by atoms with Crippen molar-refractivity contribution in [3.63, 3.8) is 0 Å². The molecule has 0 saturated heterocycles. The zero-order chi connectivity index (χ0) is 13.8. The van der Waals surface area contributed by atoms with Crippen molar-refractivity contribution in [3.05, 3.63) is 65.3 Å². The van der Waals surface area contributed by atoms with Crippen molar-refractivity contribution in [3.8, 4) is 0 Å². The molecule has 3 rings (SSSR count). The van der Waals surface area contributed by atoms with Crippen LogP contribution in [0.3, 0.4) is 0 Å². The van der Waals surface area contributed by atoms with E-state index in [4.69, 9.17) is 0 Å². The molecule has 0 saturated carbocycles. The van der Waals surface area contributed by atoms with E-state index < -0.39 is 0 Å². The van der Waals surface area contributed by atoms with Gasteiger partial charge < -0.3 is 5.11 Å². The van der Waals surface area contributed by atoms with E-state index in [0.717, 1.165) is 25.0 Å². The Morgan fingerprint density at radius 2 is 1.95 bits per heavy atom. The number of aliphatic hydroxyl groups excluding tert-OH is 1. The molecule has 0 fully saturated rings. The number of nitrogens with zero attached hydrogens (tertiary/aromatic N) is 1. The largest absolute Gasteiger partial charge is 0.393 e. The first-order valence-corrected chi connectivity index (χ1v) is 7.74. The lowest BCUT2D eigenvalue weighted by atomic mass is 10.0. The lowest BCUT2D eigenvalue weighted by molar-refractivity contribution is 0.165. The van der Waals surface area contributed by atoms with Gasteiger partial charge in [-0.2, -0.15) is 0 Å². The third kappa shape index (κ3) is 3.06. The first kappa shape index (κ1) is 13.3. The summed E-state index contributed by atoms with van der Waals surface area (Å²) >= 11 is 1.75. The van der Waals surface area contributed by atoms with Gasteiger partial charge in [0, 0.05) is 16.6 Å². The lowest BCUT2D eigenvalue weighted by Gasteiger charge is -2.09. The molecule has 0 aliphatic rings. The van der Waals surface area contributed by atoms with Crippen molar-refractivity contribution >= 4 is 21.4 Å². The predicted molar refractivity (Wildman–Crippen MR) is 84.1 cm³/mol. The maximum atomic E-state index is 10.2. The molecule has 20 heavy (non-hydrogen) atoms.